The minimum atomic E-state index is 0.358. The van der Waals surface area contributed by atoms with Crippen molar-refractivity contribution in [3.63, 3.8) is 0 Å². The predicted octanol–water partition coefficient (Wildman–Crippen LogP) is 1.88. The van der Waals surface area contributed by atoms with E-state index in [0.717, 1.165) is 24.9 Å². The monoisotopic (exact) mass is 216 g/mol. The second kappa shape index (κ2) is 6.30. The average Bonchev–Trinajstić information content (AvgIpc) is 2.62. The lowest BCUT2D eigenvalue weighted by atomic mass is 10.3. The summed E-state index contributed by atoms with van der Waals surface area (Å²) in [6.07, 6.45) is 1.19. The van der Waals surface area contributed by atoms with Crippen LogP contribution in [0.15, 0.2) is 4.99 Å². The summed E-state index contributed by atoms with van der Waals surface area (Å²) < 4.78 is 5.33. The molecule has 0 saturated carbocycles. The first-order valence-corrected chi connectivity index (χ1v) is 6.19. The summed E-state index contributed by atoms with van der Waals surface area (Å²) in [5.41, 5.74) is 0. The molecule has 0 aromatic carbocycles. The smallest absolute Gasteiger partial charge is 0.157 e. The fourth-order valence-corrected chi connectivity index (χ4v) is 2.31. The molecule has 3 nitrogen and oxygen atoms in total. The van der Waals surface area contributed by atoms with Gasteiger partial charge in [-0.1, -0.05) is 18.7 Å². The molecule has 0 aromatic rings. The molecule has 2 unspecified atom stereocenters. The summed E-state index contributed by atoms with van der Waals surface area (Å²) >= 11 is 1.86. The van der Waals surface area contributed by atoms with Gasteiger partial charge in [0.2, 0.25) is 0 Å². The third-order valence-electron chi connectivity index (χ3n) is 2.11. The highest BCUT2D eigenvalue weighted by atomic mass is 32.2. The number of nitrogens with one attached hydrogen (secondary N) is 1. The lowest BCUT2D eigenvalue weighted by Gasteiger charge is -2.14. The first-order chi connectivity index (χ1) is 6.76. The zero-order chi connectivity index (χ0) is 10.4. The van der Waals surface area contributed by atoms with Crippen molar-refractivity contribution in [3.05, 3.63) is 0 Å². The Morgan fingerprint density at radius 1 is 1.64 bits per heavy atom. The van der Waals surface area contributed by atoms with Gasteiger partial charge in [0.15, 0.2) is 5.17 Å². The Kier molecular flexibility index (Phi) is 5.33. The van der Waals surface area contributed by atoms with Crippen LogP contribution in [-0.2, 0) is 4.74 Å². The van der Waals surface area contributed by atoms with E-state index in [0.29, 0.717) is 11.3 Å². The minimum absolute atomic E-state index is 0.358. The van der Waals surface area contributed by atoms with Gasteiger partial charge in [0.05, 0.1) is 13.2 Å². The molecule has 1 aliphatic rings. The van der Waals surface area contributed by atoms with Gasteiger partial charge in [-0.15, -0.1) is 0 Å². The topological polar surface area (TPSA) is 33.6 Å². The summed E-state index contributed by atoms with van der Waals surface area (Å²) in [7, 11) is 0. The maximum atomic E-state index is 5.33. The van der Waals surface area contributed by atoms with Gasteiger partial charge in [-0.25, -0.2) is 0 Å². The fraction of sp³-hybridized carbons (Fsp3) is 0.900. The number of aliphatic imine (C=N–C) groups is 1. The lowest BCUT2D eigenvalue weighted by Crippen LogP contribution is -2.33. The van der Waals surface area contributed by atoms with Crippen LogP contribution in [-0.4, -0.2) is 36.2 Å². The van der Waals surface area contributed by atoms with Gasteiger partial charge in [-0.2, -0.15) is 0 Å². The Balaban J connectivity index is 2.18. The van der Waals surface area contributed by atoms with Crippen molar-refractivity contribution in [2.75, 3.05) is 19.8 Å². The molecule has 4 heteroatoms. The van der Waals surface area contributed by atoms with Crippen LogP contribution < -0.4 is 5.32 Å². The number of rotatable bonds is 5. The van der Waals surface area contributed by atoms with Crippen LogP contribution in [0.25, 0.3) is 0 Å². The Morgan fingerprint density at radius 3 is 3.00 bits per heavy atom. The third kappa shape index (κ3) is 3.88. The molecule has 0 spiro atoms. The van der Waals surface area contributed by atoms with Crippen LogP contribution in [0.2, 0.25) is 0 Å². The number of thioether (sulfide) groups is 1. The molecule has 1 rings (SSSR count). The molecule has 0 bridgehead atoms. The number of amidine groups is 1. The minimum Gasteiger partial charge on any atom is -0.380 e. The molecule has 0 saturated heterocycles. The van der Waals surface area contributed by atoms with E-state index >= 15 is 0 Å². The number of nitrogens with zero attached hydrogens (tertiary/aromatic N) is 1. The van der Waals surface area contributed by atoms with Gasteiger partial charge in [-0.05, 0) is 20.3 Å². The van der Waals surface area contributed by atoms with E-state index in [9.17, 15) is 0 Å². The molecule has 82 valence electrons. The molecule has 2 atom stereocenters. The highest BCUT2D eigenvalue weighted by molar-refractivity contribution is 8.14. The molecule has 0 fully saturated rings. The van der Waals surface area contributed by atoms with Crippen molar-refractivity contribution in [1.82, 2.24) is 5.32 Å². The molecular weight excluding hydrogens is 196 g/mol. The Bertz CT molecular complexity index is 197. The summed E-state index contributed by atoms with van der Waals surface area (Å²) in [6, 6.07) is 0.358. The Morgan fingerprint density at radius 2 is 2.43 bits per heavy atom. The number of hydrogen-bond donors (Lipinski definition) is 1. The first-order valence-electron chi connectivity index (χ1n) is 5.31. The zero-order valence-corrected chi connectivity index (χ0v) is 10.1. The largest absolute Gasteiger partial charge is 0.380 e. The Labute approximate surface area is 90.7 Å². The van der Waals surface area contributed by atoms with E-state index in [2.05, 4.69) is 24.2 Å². The number of ether oxygens (including phenoxy) is 1. The van der Waals surface area contributed by atoms with E-state index in [-0.39, 0.29) is 0 Å². The second-order valence-electron chi connectivity index (χ2n) is 3.50. The molecule has 1 aliphatic heterocycles. The maximum absolute atomic E-state index is 5.33. The van der Waals surface area contributed by atoms with Crippen molar-refractivity contribution < 1.29 is 4.74 Å². The molecule has 0 aromatic heterocycles. The van der Waals surface area contributed by atoms with E-state index in [1.165, 1.54) is 6.42 Å². The highest BCUT2D eigenvalue weighted by Gasteiger charge is 2.18. The van der Waals surface area contributed by atoms with Crippen LogP contribution in [0.5, 0.6) is 0 Å². The quantitative estimate of drug-likeness (QED) is 0.762. The highest BCUT2D eigenvalue weighted by Crippen LogP contribution is 2.22. The molecule has 14 heavy (non-hydrogen) atoms. The van der Waals surface area contributed by atoms with E-state index in [1.54, 1.807) is 0 Å². The SMILES string of the molecule is CCOCC(C)NC1=NCC(CC)S1. The van der Waals surface area contributed by atoms with E-state index < -0.39 is 0 Å². The second-order valence-corrected chi connectivity index (χ2v) is 4.79. The van der Waals surface area contributed by atoms with Crippen molar-refractivity contribution in [2.24, 2.45) is 4.99 Å². The fourth-order valence-electron chi connectivity index (χ4n) is 1.26. The summed E-state index contributed by atoms with van der Waals surface area (Å²) in [5.74, 6) is 0. The molecule has 1 heterocycles. The van der Waals surface area contributed by atoms with E-state index in [1.807, 2.05) is 18.7 Å². The van der Waals surface area contributed by atoms with Crippen LogP contribution in [0.3, 0.4) is 0 Å². The van der Waals surface area contributed by atoms with Gasteiger partial charge in [0.25, 0.3) is 0 Å². The zero-order valence-electron chi connectivity index (χ0n) is 9.25. The first kappa shape index (κ1) is 11.9. The van der Waals surface area contributed by atoms with Gasteiger partial charge >= 0.3 is 0 Å². The van der Waals surface area contributed by atoms with Crippen LogP contribution in [0.4, 0.5) is 0 Å². The summed E-state index contributed by atoms with van der Waals surface area (Å²) in [6.45, 7) is 8.85. The van der Waals surface area contributed by atoms with Crippen molar-refractivity contribution >= 4 is 16.9 Å². The summed E-state index contributed by atoms with van der Waals surface area (Å²) in [5, 5.41) is 5.13. The normalized spacial score (nSPS) is 23.4. The van der Waals surface area contributed by atoms with Gasteiger partial charge in [0, 0.05) is 17.9 Å². The van der Waals surface area contributed by atoms with Crippen molar-refractivity contribution in [3.8, 4) is 0 Å². The molecule has 0 radical (unpaired) electrons. The van der Waals surface area contributed by atoms with Crippen LogP contribution in [0, 0.1) is 0 Å². The predicted molar refractivity (Wildman–Crippen MR) is 63.1 cm³/mol. The average molecular weight is 216 g/mol. The standard InChI is InChI=1S/C10H20N2OS/c1-4-9-6-11-10(14-9)12-8(3)7-13-5-2/h8-9H,4-7H2,1-3H3,(H,11,12). The van der Waals surface area contributed by atoms with Gasteiger partial charge in [0.1, 0.15) is 0 Å². The van der Waals surface area contributed by atoms with Crippen LogP contribution in [0.1, 0.15) is 27.2 Å². The maximum Gasteiger partial charge on any atom is 0.157 e. The van der Waals surface area contributed by atoms with Crippen molar-refractivity contribution in [2.45, 2.75) is 38.5 Å². The Hall–Kier alpha value is -0.220. The summed E-state index contributed by atoms with van der Waals surface area (Å²) in [4.78, 5) is 4.45. The van der Waals surface area contributed by atoms with Crippen molar-refractivity contribution in [1.29, 1.82) is 0 Å². The van der Waals surface area contributed by atoms with Crippen LogP contribution >= 0.6 is 11.8 Å². The van der Waals surface area contributed by atoms with Gasteiger partial charge < -0.3 is 10.1 Å². The molecule has 0 amide bonds. The molecular formula is C10H20N2OS. The molecule has 1 N–H and O–H groups in total. The van der Waals surface area contributed by atoms with Gasteiger partial charge in [-0.3, -0.25) is 4.99 Å². The number of hydrogen-bond acceptors (Lipinski definition) is 4. The third-order valence-corrected chi connectivity index (χ3v) is 3.40. The lowest BCUT2D eigenvalue weighted by molar-refractivity contribution is 0.133. The van der Waals surface area contributed by atoms with E-state index in [4.69, 9.17) is 4.74 Å². The molecule has 0 aliphatic carbocycles.